The largest absolute Gasteiger partial charge is 0.375 e. The van der Waals surface area contributed by atoms with Gasteiger partial charge in [-0.15, -0.1) is 0 Å². The fraction of sp³-hybridized carbons (Fsp3) is 0.250. The predicted molar refractivity (Wildman–Crippen MR) is 147 cm³/mol. The maximum Gasteiger partial charge on any atom is 0.0757 e. The lowest BCUT2D eigenvalue weighted by atomic mass is 9.91. The quantitative estimate of drug-likeness (QED) is 0.296. The molecule has 0 fully saturated rings. The Labute approximate surface area is 205 Å². The van der Waals surface area contributed by atoms with E-state index in [-0.39, 0.29) is 12.1 Å². The normalized spacial score (nSPS) is 12.8. The molecule has 34 heavy (non-hydrogen) atoms. The van der Waals surface area contributed by atoms with E-state index in [4.69, 9.17) is 0 Å². The highest BCUT2D eigenvalue weighted by Crippen LogP contribution is 2.38. The third kappa shape index (κ3) is 5.17. The van der Waals surface area contributed by atoms with Gasteiger partial charge in [0.05, 0.1) is 12.1 Å². The average Bonchev–Trinajstić information content (AvgIpc) is 2.80. The van der Waals surface area contributed by atoms with Gasteiger partial charge in [0.1, 0.15) is 0 Å². The van der Waals surface area contributed by atoms with E-state index in [1.165, 1.54) is 55.9 Å². The van der Waals surface area contributed by atoms with Gasteiger partial charge in [-0.1, -0.05) is 96.1 Å². The zero-order valence-corrected chi connectivity index (χ0v) is 21.2. The Morgan fingerprint density at radius 2 is 0.735 bits per heavy atom. The van der Waals surface area contributed by atoms with E-state index in [9.17, 15) is 0 Å². The molecule has 0 aliphatic carbocycles. The molecule has 0 saturated heterocycles. The first-order valence-electron chi connectivity index (χ1n) is 12.1. The molecular formula is C32H36N2. The zero-order valence-electron chi connectivity index (χ0n) is 21.2. The number of aryl methyl sites for hydroxylation is 6. The summed E-state index contributed by atoms with van der Waals surface area (Å²) in [6.45, 7) is 13.1. The molecule has 0 bridgehead atoms. The van der Waals surface area contributed by atoms with E-state index in [2.05, 4.69) is 137 Å². The second-order valence-electron chi connectivity index (χ2n) is 9.61. The van der Waals surface area contributed by atoms with Crippen LogP contribution in [0.5, 0.6) is 0 Å². The molecule has 2 N–H and O–H groups in total. The van der Waals surface area contributed by atoms with E-state index in [0.717, 1.165) is 0 Å². The number of hydrogen-bond donors (Lipinski definition) is 2. The van der Waals surface area contributed by atoms with Crippen molar-refractivity contribution < 1.29 is 0 Å². The molecular weight excluding hydrogens is 412 g/mol. The molecule has 0 spiro atoms. The van der Waals surface area contributed by atoms with Gasteiger partial charge >= 0.3 is 0 Å². The van der Waals surface area contributed by atoms with Crippen molar-refractivity contribution in [1.29, 1.82) is 0 Å². The van der Waals surface area contributed by atoms with Crippen molar-refractivity contribution in [3.63, 3.8) is 0 Å². The summed E-state index contributed by atoms with van der Waals surface area (Å²) in [5, 5.41) is 7.93. The number of anilines is 2. The van der Waals surface area contributed by atoms with E-state index in [0.29, 0.717) is 0 Å². The monoisotopic (exact) mass is 448 g/mol. The van der Waals surface area contributed by atoms with Crippen LogP contribution >= 0.6 is 0 Å². The number of hydrogen-bond acceptors (Lipinski definition) is 2. The van der Waals surface area contributed by atoms with Gasteiger partial charge < -0.3 is 10.6 Å². The predicted octanol–water partition coefficient (Wildman–Crippen LogP) is 8.54. The molecule has 0 aliphatic rings. The van der Waals surface area contributed by atoms with Crippen molar-refractivity contribution in [1.82, 2.24) is 0 Å². The van der Waals surface area contributed by atoms with E-state index >= 15 is 0 Å². The summed E-state index contributed by atoms with van der Waals surface area (Å²) in [4.78, 5) is 0. The Hall–Kier alpha value is -3.52. The third-order valence-electron chi connectivity index (χ3n) is 6.60. The standard InChI is InChI=1S/C32H36N2/c1-21-17-23(3)29(24(4)18-21)33-31(27-13-9-7-10-14-27)32(28-15-11-8-12-16-28)34-30-25(5)19-22(2)20-26(30)6/h7-20,31-34H,1-6H3/t31-,32-/m1/s1. The van der Waals surface area contributed by atoms with Gasteiger partial charge in [-0.25, -0.2) is 0 Å². The maximum absolute atomic E-state index is 3.97. The van der Waals surface area contributed by atoms with Crippen LogP contribution < -0.4 is 10.6 Å². The van der Waals surface area contributed by atoms with Crippen LogP contribution in [-0.2, 0) is 0 Å². The molecule has 0 saturated carbocycles. The Bertz CT molecular complexity index is 1110. The molecule has 4 aromatic carbocycles. The summed E-state index contributed by atoms with van der Waals surface area (Å²) in [5.41, 5.74) is 12.6. The molecule has 2 nitrogen and oxygen atoms in total. The second kappa shape index (κ2) is 10.2. The van der Waals surface area contributed by atoms with Gasteiger partial charge in [-0.3, -0.25) is 0 Å². The highest BCUT2D eigenvalue weighted by molar-refractivity contribution is 5.63. The van der Waals surface area contributed by atoms with Crippen LogP contribution in [-0.4, -0.2) is 0 Å². The van der Waals surface area contributed by atoms with E-state index in [1.54, 1.807) is 0 Å². The van der Waals surface area contributed by atoms with Gasteiger partial charge in [0.2, 0.25) is 0 Å². The minimum Gasteiger partial charge on any atom is -0.375 e. The lowest BCUT2D eigenvalue weighted by Crippen LogP contribution is -2.27. The average molecular weight is 449 g/mol. The lowest BCUT2D eigenvalue weighted by Gasteiger charge is -2.33. The molecule has 0 amide bonds. The molecule has 4 aromatic rings. The molecule has 0 aromatic heterocycles. The highest BCUT2D eigenvalue weighted by atomic mass is 15.0. The number of benzene rings is 4. The van der Waals surface area contributed by atoms with Crippen LogP contribution in [0, 0.1) is 41.5 Å². The first-order valence-corrected chi connectivity index (χ1v) is 12.1. The fourth-order valence-electron chi connectivity index (χ4n) is 5.17. The van der Waals surface area contributed by atoms with Crippen molar-refractivity contribution >= 4 is 11.4 Å². The second-order valence-corrected chi connectivity index (χ2v) is 9.61. The Balaban J connectivity index is 1.86. The van der Waals surface area contributed by atoms with E-state index < -0.39 is 0 Å². The summed E-state index contributed by atoms with van der Waals surface area (Å²) >= 11 is 0. The Kier molecular flexibility index (Phi) is 7.07. The molecule has 0 heterocycles. The van der Waals surface area contributed by atoms with Crippen molar-refractivity contribution in [2.75, 3.05) is 10.6 Å². The summed E-state index contributed by atoms with van der Waals surface area (Å²) in [5.74, 6) is 0. The summed E-state index contributed by atoms with van der Waals surface area (Å²) in [6, 6.07) is 30.7. The fourth-order valence-corrected chi connectivity index (χ4v) is 5.17. The lowest BCUT2D eigenvalue weighted by molar-refractivity contribution is 0.648. The van der Waals surface area contributed by atoms with Crippen LogP contribution in [0.15, 0.2) is 84.9 Å². The molecule has 0 radical (unpaired) electrons. The highest BCUT2D eigenvalue weighted by Gasteiger charge is 2.27. The zero-order chi connectivity index (χ0) is 24.2. The van der Waals surface area contributed by atoms with Crippen LogP contribution in [0.4, 0.5) is 11.4 Å². The van der Waals surface area contributed by atoms with Crippen molar-refractivity contribution in [2.24, 2.45) is 0 Å². The van der Waals surface area contributed by atoms with Crippen LogP contribution in [0.2, 0.25) is 0 Å². The topological polar surface area (TPSA) is 24.1 Å². The van der Waals surface area contributed by atoms with Crippen LogP contribution in [0.25, 0.3) is 0 Å². The minimum absolute atomic E-state index is 0.0313. The van der Waals surface area contributed by atoms with Crippen molar-refractivity contribution in [2.45, 2.75) is 53.6 Å². The molecule has 174 valence electrons. The summed E-state index contributed by atoms with van der Waals surface area (Å²) in [6.07, 6.45) is 0. The molecule has 2 heteroatoms. The van der Waals surface area contributed by atoms with Crippen molar-refractivity contribution in [3.8, 4) is 0 Å². The first kappa shape index (κ1) is 23.6. The van der Waals surface area contributed by atoms with Crippen LogP contribution in [0.1, 0.15) is 56.6 Å². The van der Waals surface area contributed by atoms with Gasteiger partial charge in [0.25, 0.3) is 0 Å². The molecule has 4 rings (SSSR count). The smallest absolute Gasteiger partial charge is 0.0757 e. The third-order valence-corrected chi connectivity index (χ3v) is 6.60. The SMILES string of the molecule is Cc1cc(C)c(N[C@H](c2ccccc2)[C@H](Nc2c(C)cc(C)cc2C)c2ccccc2)c(C)c1. The number of nitrogens with one attached hydrogen (secondary N) is 2. The van der Waals surface area contributed by atoms with Gasteiger partial charge in [-0.2, -0.15) is 0 Å². The molecule has 0 unspecified atom stereocenters. The van der Waals surface area contributed by atoms with Crippen LogP contribution in [0.3, 0.4) is 0 Å². The molecule has 0 aliphatic heterocycles. The number of rotatable bonds is 7. The summed E-state index contributed by atoms with van der Waals surface area (Å²) < 4.78 is 0. The van der Waals surface area contributed by atoms with Gasteiger partial charge in [0.15, 0.2) is 0 Å². The Morgan fingerprint density at radius 1 is 0.441 bits per heavy atom. The van der Waals surface area contributed by atoms with Gasteiger partial charge in [0, 0.05) is 11.4 Å². The van der Waals surface area contributed by atoms with Crippen molar-refractivity contribution in [3.05, 3.63) is 129 Å². The Morgan fingerprint density at radius 3 is 1.03 bits per heavy atom. The molecule has 2 atom stereocenters. The van der Waals surface area contributed by atoms with Gasteiger partial charge in [-0.05, 0) is 74.9 Å². The maximum atomic E-state index is 3.97. The van der Waals surface area contributed by atoms with E-state index in [1.807, 2.05) is 0 Å². The summed E-state index contributed by atoms with van der Waals surface area (Å²) in [7, 11) is 0. The first-order chi connectivity index (χ1) is 16.3. The minimum atomic E-state index is 0.0313.